The molecule has 1 aliphatic heterocycles. The molecule has 1 heterocycles. The van der Waals surface area contributed by atoms with Crippen LogP contribution in [0, 0.1) is 0 Å². The van der Waals surface area contributed by atoms with Crippen molar-refractivity contribution in [3.8, 4) is 0 Å². The zero-order chi connectivity index (χ0) is 16.1. The third-order valence-electron chi connectivity index (χ3n) is 4.36. The van der Waals surface area contributed by atoms with Gasteiger partial charge < -0.3 is 15.3 Å². The summed E-state index contributed by atoms with van der Waals surface area (Å²) < 4.78 is 0. The van der Waals surface area contributed by atoms with Gasteiger partial charge in [0, 0.05) is 48.2 Å². The second-order valence-corrected chi connectivity index (χ2v) is 6.36. The third-order valence-corrected chi connectivity index (χ3v) is 4.72. The van der Waals surface area contributed by atoms with Gasteiger partial charge in [-0.3, -0.25) is 0 Å². The largest absolute Gasteiger partial charge is 0.396 e. The Balaban J connectivity index is 1.72. The van der Waals surface area contributed by atoms with Crippen molar-refractivity contribution in [1.29, 1.82) is 0 Å². The van der Waals surface area contributed by atoms with Crippen molar-refractivity contribution in [1.82, 2.24) is 0 Å². The van der Waals surface area contributed by atoms with E-state index in [2.05, 4.69) is 28.4 Å². The maximum absolute atomic E-state index is 8.97. The van der Waals surface area contributed by atoms with Gasteiger partial charge >= 0.3 is 0 Å². The Morgan fingerprint density at radius 2 is 1.78 bits per heavy atom. The maximum Gasteiger partial charge on any atom is 0.0476 e. The molecule has 1 saturated heterocycles. The second-order valence-electron chi connectivity index (χ2n) is 5.96. The molecule has 2 aromatic rings. The molecular formula is C19H23ClN2O. The van der Waals surface area contributed by atoms with Crippen LogP contribution in [0.5, 0.6) is 0 Å². The number of nitrogens with zero attached hydrogens (tertiary/aromatic N) is 1. The molecule has 0 radical (unpaired) electrons. The van der Waals surface area contributed by atoms with Gasteiger partial charge in [-0.15, -0.1) is 0 Å². The van der Waals surface area contributed by atoms with Gasteiger partial charge in [0.05, 0.1) is 0 Å². The summed E-state index contributed by atoms with van der Waals surface area (Å²) in [5.41, 5.74) is 4.63. The summed E-state index contributed by atoms with van der Waals surface area (Å²) in [6.07, 6.45) is 3.21. The molecule has 0 saturated carbocycles. The van der Waals surface area contributed by atoms with Gasteiger partial charge in [0.15, 0.2) is 0 Å². The van der Waals surface area contributed by atoms with Crippen molar-refractivity contribution in [2.24, 2.45) is 0 Å². The molecule has 0 spiro atoms. The Hall–Kier alpha value is -1.71. The van der Waals surface area contributed by atoms with Crippen LogP contribution in [-0.4, -0.2) is 24.8 Å². The molecule has 1 fully saturated rings. The summed E-state index contributed by atoms with van der Waals surface area (Å²) in [7, 11) is 0. The quantitative estimate of drug-likeness (QED) is 0.837. The molecule has 0 aliphatic carbocycles. The monoisotopic (exact) mass is 330 g/mol. The highest BCUT2D eigenvalue weighted by atomic mass is 35.5. The number of rotatable bonds is 6. The van der Waals surface area contributed by atoms with Gasteiger partial charge in [-0.25, -0.2) is 0 Å². The normalized spacial score (nSPS) is 14.3. The van der Waals surface area contributed by atoms with Crippen LogP contribution in [-0.2, 0) is 13.0 Å². The van der Waals surface area contributed by atoms with Gasteiger partial charge in [-0.2, -0.15) is 0 Å². The van der Waals surface area contributed by atoms with Gasteiger partial charge in [-0.05, 0) is 49.1 Å². The molecular weight excluding hydrogens is 308 g/mol. The van der Waals surface area contributed by atoms with Crippen LogP contribution in [0.3, 0.4) is 0 Å². The molecule has 2 aromatic carbocycles. The van der Waals surface area contributed by atoms with Gasteiger partial charge in [0.2, 0.25) is 0 Å². The van der Waals surface area contributed by atoms with Crippen molar-refractivity contribution in [2.45, 2.75) is 25.8 Å². The molecule has 3 nitrogen and oxygen atoms in total. The van der Waals surface area contributed by atoms with Crippen molar-refractivity contribution in [3.05, 3.63) is 58.6 Å². The molecule has 0 amide bonds. The fourth-order valence-electron chi connectivity index (χ4n) is 3.09. The molecule has 0 atom stereocenters. The first kappa shape index (κ1) is 16.2. The zero-order valence-electron chi connectivity index (χ0n) is 13.3. The Labute approximate surface area is 142 Å². The fraction of sp³-hybridized carbons (Fsp3) is 0.368. The van der Waals surface area contributed by atoms with E-state index in [1.54, 1.807) is 0 Å². The van der Waals surface area contributed by atoms with Gasteiger partial charge in [-0.1, -0.05) is 29.8 Å². The summed E-state index contributed by atoms with van der Waals surface area (Å²) >= 11 is 6.45. The Kier molecular flexibility index (Phi) is 5.42. The lowest BCUT2D eigenvalue weighted by Crippen LogP contribution is -2.20. The summed E-state index contributed by atoms with van der Waals surface area (Å²) in [6, 6.07) is 14.4. The lowest BCUT2D eigenvalue weighted by atomic mass is 10.1. The van der Waals surface area contributed by atoms with Crippen LogP contribution in [0.25, 0.3) is 0 Å². The molecule has 1 aliphatic rings. The standard InChI is InChI=1S/C19H23ClN2O/c20-18-4-3-5-19(22-11-1-2-12-22)17(18)14-21-16-8-6-15(7-9-16)10-13-23/h3-9,21,23H,1-2,10-14H2. The minimum Gasteiger partial charge on any atom is -0.396 e. The van der Waals surface area contributed by atoms with Crippen LogP contribution in [0.4, 0.5) is 11.4 Å². The van der Waals surface area contributed by atoms with Crippen LogP contribution in [0.15, 0.2) is 42.5 Å². The Bertz CT molecular complexity index is 636. The highest BCUT2D eigenvalue weighted by Gasteiger charge is 2.17. The molecule has 0 aromatic heterocycles. The fourth-order valence-corrected chi connectivity index (χ4v) is 3.32. The SMILES string of the molecule is OCCc1ccc(NCc2c(Cl)cccc2N2CCCC2)cc1. The van der Waals surface area contributed by atoms with Crippen molar-refractivity contribution in [2.75, 3.05) is 29.9 Å². The predicted octanol–water partition coefficient (Wildman–Crippen LogP) is 4.09. The zero-order valence-corrected chi connectivity index (χ0v) is 14.0. The molecule has 3 rings (SSSR count). The smallest absolute Gasteiger partial charge is 0.0476 e. The number of hydrogen-bond acceptors (Lipinski definition) is 3. The van der Waals surface area contributed by atoms with Crippen LogP contribution in [0.1, 0.15) is 24.0 Å². The predicted molar refractivity (Wildman–Crippen MR) is 97.5 cm³/mol. The maximum atomic E-state index is 8.97. The molecule has 4 heteroatoms. The minimum absolute atomic E-state index is 0.186. The Morgan fingerprint density at radius 1 is 1.04 bits per heavy atom. The number of aliphatic hydroxyl groups is 1. The van der Waals surface area contributed by atoms with Crippen molar-refractivity contribution < 1.29 is 5.11 Å². The molecule has 0 bridgehead atoms. The van der Waals surface area contributed by atoms with E-state index in [4.69, 9.17) is 16.7 Å². The first-order valence-corrected chi connectivity index (χ1v) is 8.62. The summed E-state index contributed by atoms with van der Waals surface area (Å²) in [6.45, 7) is 3.13. The van der Waals surface area contributed by atoms with E-state index in [1.807, 2.05) is 24.3 Å². The molecule has 2 N–H and O–H groups in total. The highest BCUT2D eigenvalue weighted by molar-refractivity contribution is 6.31. The van der Waals surface area contributed by atoms with E-state index in [-0.39, 0.29) is 6.61 Å². The number of nitrogens with one attached hydrogen (secondary N) is 1. The van der Waals surface area contributed by atoms with E-state index in [0.717, 1.165) is 34.9 Å². The van der Waals surface area contributed by atoms with E-state index in [1.165, 1.54) is 18.5 Å². The summed E-state index contributed by atoms with van der Waals surface area (Å²) in [5, 5.41) is 13.3. The van der Waals surface area contributed by atoms with Crippen LogP contribution < -0.4 is 10.2 Å². The minimum atomic E-state index is 0.186. The summed E-state index contributed by atoms with van der Waals surface area (Å²) in [4.78, 5) is 2.42. The van der Waals surface area contributed by atoms with Gasteiger partial charge in [0.25, 0.3) is 0 Å². The number of hydrogen-bond donors (Lipinski definition) is 2. The molecule has 122 valence electrons. The first-order valence-electron chi connectivity index (χ1n) is 8.24. The van der Waals surface area contributed by atoms with E-state index < -0.39 is 0 Å². The van der Waals surface area contributed by atoms with E-state index >= 15 is 0 Å². The number of halogens is 1. The number of benzene rings is 2. The second kappa shape index (κ2) is 7.71. The summed E-state index contributed by atoms with van der Waals surface area (Å²) in [5.74, 6) is 0. The number of aliphatic hydroxyl groups excluding tert-OH is 1. The Morgan fingerprint density at radius 3 is 2.48 bits per heavy atom. The van der Waals surface area contributed by atoms with E-state index in [0.29, 0.717) is 13.0 Å². The van der Waals surface area contributed by atoms with Crippen LogP contribution in [0.2, 0.25) is 5.02 Å². The molecule has 0 unspecified atom stereocenters. The highest BCUT2D eigenvalue weighted by Crippen LogP contribution is 2.30. The van der Waals surface area contributed by atoms with Crippen molar-refractivity contribution >= 4 is 23.0 Å². The average molecular weight is 331 g/mol. The topological polar surface area (TPSA) is 35.5 Å². The number of anilines is 2. The van der Waals surface area contributed by atoms with Crippen molar-refractivity contribution in [3.63, 3.8) is 0 Å². The first-order chi connectivity index (χ1) is 11.3. The third kappa shape index (κ3) is 3.98. The average Bonchev–Trinajstić information content (AvgIpc) is 3.09. The van der Waals surface area contributed by atoms with Crippen LogP contribution >= 0.6 is 11.6 Å². The van der Waals surface area contributed by atoms with E-state index in [9.17, 15) is 0 Å². The van der Waals surface area contributed by atoms with Gasteiger partial charge in [0.1, 0.15) is 0 Å². The molecule has 23 heavy (non-hydrogen) atoms. The lowest BCUT2D eigenvalue weighted by molar-refractivity contribution is 0.299. The lowest BCUT2D eigenvalue weighted by Gasteiger charge is -2.22.